The summed E-state index contributed by atoms with van der Waals surface area (Å²) in [6.45, 7) is 1.66. The third-order valence-electron chi connectivity index (χ3n) is 4.12. The Balaban J connectivity index is 1.47. The first-order valence-electron chi connectivity index (χ1n) is 8.52. The van der Waals surface area contributed by atoms with Gasteiger partial charge in [0.15, 0.2) is 0 Å². The summed E-state index contributed by atoms with van der Waals surface area (Å²) in [7, 11) is -3.69. The maximum atomic E-state index is 12.2. The van der Waals surface area contributed by atoms with E-state index in [-0.39, 0.29) is 16.9 Å². The number of carbonyl (C=O) groups excluding carboxylic acids is 1. The molecule has 0 bridgehead atoms. The molecule has 1 aromatic carbocycles. The van der Waals surface area contributed by atoms with Crippen LogP contribution in [0.3, 0.4) is 0 Å². The number of nitrogens with one attached hydrogen (secondary N) is 1. The van der Waals surface area contributed by atoms with Crippen LogP contribution < -0.4 is 15.2 Å². The zero-order valence-corrected chi connectivity index (χ0v) is 15.4. The highest BCUT2D eigenvalue weighted by atomic mass is 32.2. The average Bonchev–Trinajstić information content (AvgIpc) is 3.15. The number of rotatable bonds is 7. The maximum absolute atomic E-state index is 12.2. The Bertz CT molecular complexity index is 876. The van der Waals surface area contributed by atoms with Gasteiger partial charge in [-0.25, -0.2) is 18.5 Å². The van der Waals surface area contributed by atoms with Gasteiger partial charge in [0, 0.05) is 25.2 Å². The van der Waals surface area contributed by atoms with Crippen molar-refractivity contribution in [1.82, 2.24) is 10.3 Å². The van der Waals surface area contributed by atoms with E-state index in [1.54, 1.807) is 24.3 Å². The fraction of sp³-hybridized carbons (Fsp3) is 0.333. The molecule has 0 unspecified atom stereocenters. The lowest BCUT2D eigenvalue weighted by molar-refractivity contribution is 0.0953. The predicted octanol–water partition coefficient (Wildman–Crippen LogP) is 0.869. The molecule has 0 saturated carbocycles. The summed E-state index contributed by atoms with van der Waals surface area (Å²) in [5.41, 5.74) is 1.33. The van der Waals surface area contributed by atoms with Gasteiger partial charge in [-0.15, -0.1) is 0 Å². The number of benzene rings is 1. The van der Waals surface area contributed by atoms with E-state index in [9.17, 15) is 13.2 Å². The van der Waals surface area contributed by atoms with Crippen LogP contribution in [0.4, 0.5) is 0 Å². The minimum Gasteiger partial charge on any atom is -0.472 e. The monoisotopic (exact) mass is 391 g/mol. The molecule has 2 heterocycles. The van der Waals surface area contributed by atoms with Crippen molar-refractivity contribution in [1.29, 1.82) is 0 Å². The highest BCUT2D eigenvalue weighted by Gasteiger charge is 2.17. The fourth-order valence-corrected chi connectivity index (χ4v) is 3.14. The van der Waals surface area contributed by atoms with Crippen LogP contribution in [0.25, 0.3) is 0 Å². The zero-order valence-electron chi connectivity index (χ0n) is 14.6. The van der Waals surface area contributed by atoms with Crippen molar-refractivity contribution in [2.45, 2.75) is 23.8 Å². The van der Waals surface area contributed by atoms with E-state index in [1.165, 1.54) is 18.3 Å². The van der Waals surface area contributed by atoms with Crippen molar-refractivity contribution in [3.8, 4) is 5.88 Å². The van der Waals surface area contributed by atoms with Crippen molar-refractivity contribution >= 4 is 15.9 Å². The number of amides is 1. The lowest BCUT2D eigenvalue weighted by Gasteiger charge is -2.11. The number of sulfonamides is 1. The van der Waals surface area contributed by atoms with Crippen LogP contribution >= 0.6 is 0 Å². The molecular weight excluding hydrogens is 370 g/mol. The average molecular weight is 391 g/mol. The Morgan fingerprint density at radius 3 is 2.63 bits per heavy atom. The minimum absolute atomic E-state index is 0.0119. The van der Waals surface area contributed by atoms with Gasteiger partial charge in [-0.1, -0.05) is 12.1 Å². The summed E-state index contributed by atoms with van der Waals surface area (Å²) in [5, 5.41) is 7.86. The molecule has 8 nitrogen and oxygen atoms in total. The topological polar surface area (TPSA) is 121 Å². The van der Waals surface area contributed by atoms with Gasteiger partial charge in [-0.2, -0.15) is 0 Å². The van der Waals surface area contributed by atoms with E-state index in [0.29, 0.717) is 37.6 Å². The molecule has 1 saturated heterocycles. The third-order valence-corrected chi connectivity index (χ3v) is 5.05. The smallest absolute Gasteiger partial charge is 0.252 e. The van der Waals surface area contributed by atoms with Crippen molar-refractivity contribution in [3.63, 3.8) is 0 Å². The largest absolute Gasteiger partial charge is 0.472 e. The highest BCUT2D eigenvalue weighted by molar-refractivity contribution is 7.89. The van der Waals surface area contributed by atoms with Gasteiger partial charge in [0.05, 0.1) is 23.7 Å². The Morgan fingerprint density at radius 2 is 2.04 bits per heavy atom. The van der Waals surface area contributed by atoms with Crippen LogP contribution in [-0.2, 0) is 21.2 Å². The lowest BCUT2D eigenvalue weighted by Crippen LogP contribution is -2.26. The fourth-order valence-electron chi connectivity index (χ4n) is 2.63. The number of hydrogen-bond donors (Lipinski definition) is 2. The first-order chi connectivity index (χ1) is 12.9. The number of nitrogens with two attached hydrogens (primary N) is 1. The summed E-state index contributed by atoms with van der Waals surface area (Å²) in [4.78, 5) is 16.4. The quantitative estimate of drug-likeness (QED) is 0.722. The molecule has 2 aromatic rings. The summed E-state index contributed by atoms with van der Waals surface area (Å²) >= 11 is 0. The number of aromatic nitrogens is 1. The van der Waals surface area contributed by atoms with E-state index >= 15 is 0 Å². The second-order valence-electron chi connectivity index (χ2n) is 6.18. The van der Waals surface area contributed by atoms with E-state index in [0.717, 1.165) is 12.0 Å². The molecule has 27 heavy (non-hydrogen) atoms. The number of hydrogen-bond acceptors (Lipinski definition) is 6. The molecule has 1 aromatic heterocycles. The minimum atomic E-state index is -3.69. The molecular formula is C18H21N3O5S. The van der Waals surface area contributed by atoms with Crippen LogP contribution in [0.5, 0.6) is 5.88 Å². The van der Waals surface area contributed by atoms with Crippen molar-refractivity contribution < 1.29 is 22.7 Å². The van der Waals surface area contributed by atoms with Crippen LogP contribution in [0, 0.1) is 0 Å². The number of nitrogens with zero attached hydrogens (tertiary/aromatic N) is 1. The molecule has 1 aliphatic heterocycles. The van der Waals surface area contributed by atoms with Crippen molar-refractivity contribution in [2.24, 2.45) is 5.14 Å². The molecule has 3 N–H and O–H groups in total. The summed E-state index contributed by atoms with van der Waals surface area (Å²) in [6.07, 6.45) is 2.88. The number of primary sulfonamides is 1. The highest BCUT2D eigenvalue weighted by Crippen LogP contribution is 2.14. The molecule has 0 spiro atoms. The molecule has 0 radical (unpaired) electrons. The number of ether oxygens (including phenoxy) is 2. The second-order valence-corrected chi connectivity index (χ2v) is 7.74. The van der Waals surface area contributed by atoms with Gasteiger partial charge in [0.25, 0.3) is 5.91 Å². The number of pyridine rings is 1. The molecule has 3 rings (SSSR count). The molecule has 0 aliphatic carbocycles. The molecule has 1 amide bonds. The van der Waals surface area contributed by atoms with E-state index < -0.39 is 10.0 Å². The lowest BCUT2D eigenvalue weighted by atomic mass is 10.1. The van der Waals surface area contributed by atoms with Crippen LogP contribution in [-0.4, -0.2) is 45.2 Å². The molecule has 144 valence electrons. The van der Waals surface area contributed by atoms with Crippen LogP contribution in [0.2, 0.25) is 0 Å². The first-order valence-corrected chi connectivity index (χ1v) is 10.1. The SMILES string of the molecule is NS(=O)(=O)c1ccc(CCNC(=O)c2ccc(O[C@@H]3CCOC3)nc2)cc1. The second kappa shape index (κ2) is 8.47. The number of carbonyl (C=O) groups is 1. The van der Waals surface area contributed by atoms with Crippen molar-refractivity contribution in [2.75, 3.05) is 19.8 Å². The summed E-state index contributed by atoms with van der Waals surface area (Å²) in [5.74, 6) is 0.233. The molecule has 1 aliphatic rings. The van der Waals surface area contributed by atoms with E-state index in [2.05, 4.69) is 10.3 Å². The summed E-state index contributed by atoms with van der Waals surface area (Å²) in [6, 6.07) is 9.57. The van der Waals surface area contributed by atoms with Crippen LogP contribution in [0.1, 0.15) is 22.3 Å². The zero-order chi connectivity index (χ0) is 19.3. The Morgan fingerprint density at radius 1 is 1.26 bits per heavy atom. The molecule has 1 atom stereocenters. The van der Waals surface area contributed by atoms with Gasteiger partial charge in [-0.3, -0.25) is 4.79 Å². The van der Waals surface area contributed by atoms with Gasteiger partial charge < -0.3 is 14.8 Å². The van der Waals surface area contributed by atoms with Gasteiger partial charge in [0.2, 0.25) is 15.9 Å². The van der Waals surface area contributed by atoms with Gasteiger partial charge >= 0.3 is 0 Å². The predicted molar refractivity (Wildman–Crippen MR) is 97.9 cm³/mol. The molecule has 1 fully saturated rings. The van der Waals surface area contributed by atoms with Gasteiger partial charge in [0.1, 0.15) is 6.10 Å². The Labute approximate surface area is 157 Å². The summed E-state index contributed by atoms with van der Waals surface area (Å²) < 4.78 is 33.4. The Hall–Kier alpha value is -2.49. The first kappa shape index (κ1) is 19.3. The third kappa shape index (κ3) is 5.49. The normalized spacial score (nSPS) is 16.9. The van der Waals surface area contributed by atoms with Crippen molar-refractivity contribution in [3.05, 3.63) is 53.7 Å². The van der Waals surface area contributed by atoms with E-state index in [4.69, 9.17) is 14.6 Å². The Kier molecular flexibility index (Phi) is 6.04. The molecule has 9 heteroatoms. The van der Waals surface area contributed by atoms with Gasteiger partial charge in [-0.05, 0) is 30.2 Å². The van der Waals surface area contributed by atoms with E-state index in [1.807, 2.05) is 0 Å². The standard InChI is InChI=1S/C18H21N3O5S/c19-27(23,24)16-4-1-13(2-5-16)7-9-20-18(22)14-3-6-17(21-11-14)26-15-8-10-25-12-15/h1-6,11,15H,7-10,12H2,(H,20,22)(H2,19,23,24)/t15-/m1/s1. The maximum Gasteiger partial charge on any atom is 0.252 e. The van der Waals surface area contributed by atoms with Crippen LogP contribution in [0.15, 0.2) is 47.5 Å².